The zero-order chi connectivity index (χ0) is 9.24. The van der Waals surface area contributed by atoms with Crippen LogP contribution < -0.4 is 22.9 Å². The molecule has 0 aromatic rings. The Bertz CT molecular complexity index is 155. The highest BCUT2D eigenvalue weighted by atomic mass is 14.9. The van der Waals surface area contributed by atoms with Crippen LogP contribution in [0.4, 0.5) is 0 Å². The topological polar surface area (TPSA) is 104 Å². The molecule has 72 valence electrons. The standard InChI is InChI=1S/C8H20N4/c9-4-7(5-10)2-1-3-8(7,12)6-11/h1-6,9-12H2. The molecular weight excluding hydrogens is 152 g/mol. The molecule has 4 nitrogen and oxygen atoms in total. The van der Waals surface area contributed by atoms with Gasteiger partial charge < -0.3 is 22.9 Å². The Kier molecular flexibility index (Phi) is 2.73. The molecule has 8 N–H and O–H groups in total. The first-order valence-electron chi connectivity index (χ1n) is 4.53. The van der Waals surface area contributed by atoms with E-state index in [4.69, 9.17) is 22.9 Å². The molecule has 1 unspecified atom stereocenters. The number of hydrogen-bond acceptors (Lipinski definition) is 4. The van der Waals surface area contributed by atoms with Crippen molar-refractivity contribution < 1.29 is 0 Å². The minimum absolute atomic E-state index is 0.109. The Morgan fingerprint density at radius 1 is 0.917 bits per heavy atom. The van der Waals surface area contributed by atoms with Gasteiger partial charge in [-0.15, -0.1) is 0 Å². The first-order valence-corrected chi connectivity index (χ1v) is 4.53. The second kappa shape index (κ2) is 3.30. The van der Waals surface area contributed by atoms with E-state index >= 15 is 0 Å². The molecule has 1 atom stereocenters. The van der Waals surface area contributed by atoms with Gasteiger partial charge in [0, 0.05) is 30.6 Å². The summed E-state index contributed by atoms with van der Waals surface area (Å²) in [6.07, 6.45) is 3.08. The zero-order valence-corrected chi connectivity index (χ0v) is 7.55. The lowest BCUT2D eigenvalue weighted by Crippen LogP contribution is -2.62. The van der Waals surface area contributed by atoms with Crippen LogP contribution in [0, 0.1) is 5.41 Å². The summed E-state index contributed by atoms with van der Waals surface area (Å²) >= 11 is 0. The molecule has 0 amide bonds. The lowest BCUT2D eigenvalue weighted by atomic mass is 9.72. The van der Waals surface area contributed by atoms with Crippen molar-refractivity contribution in [2.24, 2.45) is 28.3 Å². The molecule has 0 bridgehead atoms. The summed E-state index contributed by atoms with van der Waals surface area (Å²) in [6, 6.07) is 0. The molecule has 0 aromatic heterocycles. The molecule has 1 aliphatic rings. The fraction of sp³-hybridized carbons (Fsp3) is 1.00. The van der Waals surface area contributed by atoms with Crippen LogP contribution in [-0.4, -0.2) is 25.2 Å². The van der Waals surface area contributed by atoms with Crippen LogP contribution in [0.3, 0.4) is 0 Å². The number of nitrogens with two attached hydrogens (primary N) is 4. The molecule has 1 fully saturated rings. The predicted octanol–water partition coefficient (Wildman–Crippen LogP) is -1.27. The number of rotatable bonds is 3. The molecule has 0 saturated heterocycles. The smallest absolute Gasteiger partial charge is 0.0360 e. The molecule has 1 rings (SSSR count). The van der Waals surface area contributed by atoms with Crippen LogP contribution >= 0.6 is 0 Å². The molecule has 0 heterocycles. The number of hydrogen-bond donors (Lipinski definition) is 4. The SMILES string of the molecule is NCC1(N)CCCC1(CN)CN. The van der Waals surface area contributed by atoms with Gasteiger partial charge in [0.2, 0.25) is 0 Å². The Hall–Kier alpha value is -0.160. The van der Waals surface area contributed by atoms with Crippen molar-refractivity contribution in [3.8, 4) is 0 Å². The Labute approximate surface area is 73.6 Å². The van der Waals surface area contributed by atoms with Gasteiger partial charge in [-0.25, -0.2) is 0 Å². The van der Waals surface area contributed by atoms with E-state index in [0.717, 1.165) is 19.3 Å². The van der Waals surface area contributed by atoms with E-state index in [1.807, 2.05) is 0 Å². The van der Waals surface area contributed by atoms with Crippen molar-refractivity contribution >= 4 is 0 Å². The molecule has 1 aliphatic carbocycles. The summed E-state index contributed by atoms with van der Waals surface area (Å²) in [5, 5.41) is 0. The van der Waals surface area contributed by atoms with Crippen LogP contribution in [0.15, 0.2) is 0 Å². The quantitative estimate of drug-likeness (QED) is 0.426. The minimum Gasteiger partial charge on any atom is -0.330 e. The van der Waals surface area contributed by atoms with Crippen molar-refractivity contribution in [3.05, 3.63) is 0 Å². The van der Waals surface area contributed by atoms with Gasteiger partial charge in [0.15, 0.2) is 0 Å². The minimum atomic E-state index is -0.323. The molecule has 0 spiro atoms. The van der Waals surface area contributed by atoms with Crippen LogP contribution in [-0.2, 0) is 0 Å². The highest BCUT2D eigenvalue weighted by Gasteiger charge is 2.49. The molecule has 0 aliphatic heterocycles. The lowest BCUT2D eigenvalue weighted by Gasteiger charge is -2.41. The molecule has 4 heteroatoms. The summed E-state index contributed by atoms with van der Waals surface area (Å²) in [4.78, 5) is 0. The monoisotopic (exact) mass is 172 g/mol. The first kappa shape index (κ1) is 9.92. The van der Waals surface area contributed by atoms with Crippen molar-refractivity contribution in [2.75, 3.05) is 19.6 Å². The predicted molar refractivity (Wildman–Crippen MR) is 50.4 cm³/mol. The third-order valence-electron chi connectivity index (χ3n) is 3.48. The van der Waals surface area contributed by atoms with Gasteiger partial charge >= 0.3 is 0 Å². The maximum atomic E-state index is 6.17. The zero-order valence-electron chi connectivity index (χ0n) is 7.55. The maximum absolute atomic E-state index is 6.17. The summed E-state index contributed by atoms with van der Waals surface area (Å²) in [5.41, 5.74) is 22.8. The van der Waals surface area contributed by atoms with E-state index in [0.29, 0.717) is 19.6 Å². The van der Waals surface area contributed by atoms with Gasteiger partial charge in [0.05, 0.1) is 0 Å². The van der Waals surface area contributed by atoms with Gasteiger partial charge in [0.1, 0.15) is 0 Å². The maximum Gasteiger partial charge on any atom is 0.0360 e. The molecule has 0 radical (unpaired) electrons. The van der Waals surface area contributed by atoms with Crippen molar-refractivity contribution in [3.63, 3.8) is 0 Å². The van der Waals surface area contributed by atoms with Crippen molar-refractivity contribution in [2.45, 2.75) is 24.8 Å². The van der Waals surface area contributed by atoms with Crippen LogP contribution in [0.5, 0.6) is 0 Å². The van der Waals surface area contributed by atoms with E-state index in [1.54, 1.807) is 0 Å². The van der Waals surface area contributed by atoms with E-state index in [1.165, 1.54) is 0 Å². The van der Waals surface area contributed by atoms with E-state index in [2.05, 4.69) is 0 Å². The third kappa shape index (κ3) is 1.15. The van der Waals surface area contributed by atoms with Gasteiger partial charge in [-0.1, -0.05) is 6.42 Å². The van der Waals surface area contributed by atoms with E-state index in [9.17, 15) is 0 Å². The summed E-state index contributed by atoms with van der Waals surface area (Å²) < 4.78 is 0. The second-order valence-electron chi connectivity index (χ2n) is 3.90. The molecule has 1 saturated carbocycles. The van der Waals surface area contributed by atoms with Gasteiger partial charge in [0.25, 0.3) is 0 Å². The summed E-state index contributed by atoms with van der Waals surface area (Å²) in [6.45, 7) is 1.59. The Morgan fingerprint density at radius 3 is 1.83 bits per heavy atom. The highest BCUT2D eigenvalue weighted by molar-refractivity contribution is 5.08. The second-order valence-corrected chi connectivity index (χ2v) is 3.90. The fourth-order valence-corrected chi connectivity index (χ4v) is 2.27. The molecule has 0 aromatic carbocycles. The molecular formula is C8H20N4. The largest absolute Gasteiger partial charge is 0.330 e. The van der Waals surface area contributed by atoms with Gasteiger partial charge in [-0.05, 0) is 12.8 Å². The Morgan fingerprint density at radius 2 is 1.50 bits per heavy atom. The Balaban J connectivity index is 2.85. The fourth-order valence-electron chi connectivity index (χ4n) is 2.27. The molecule has 12 heavy (non-hydrogen) atoms. The lowest BCUT2D eigenvalue weighted by molar-refractivity contribution is 0.183. The van der Waals surface area contributed by atoms with E-state index in [-0.39, 0.29) is 11.0 Å². The van der Waals surface area contributed by atoms with Gasteiger partial charge in [-0.3, -0.25) is 0 Å². The average molecular weight is 172 g/mol. The van der Waals surface area contributed by atoms with Crippen LogP contribution in [0.2, 0.25) is 0 Å². The van der Waals surface area contributed by atoms with E-state index < -0.39 is 0 Å². The summed E-state index contributed by atoms with van der Waals surface area (Å²) in [7, 11) is 0. The van der Waals surface area contributed by atoms with Crippen molar-refractivity contribution in [1.29, 1.82) is 0 Å². The van der Waals surface area contributed by atoms with Crippen LogP contribution in [0.1, 0.15) is 19.3 Å². The normalized spacial score (nSPS) is 34.0. The summed E-state index contributed by atoms with van der Waals surface area (Å²) in [5.74, 6) is 0. The van der Waals surface area contributed by atoms with Gasteiger partial charge in [-0.2, -0.15) is 0 Å². The first-order chi connectivity index (χ1) is 5.64. The van der Waals surface area contributed by atoms with Crippen molar-refractivity contribution in [1.82, 2.24) is 0 Å². The highest BCUT2D eigenvalue weighted by Crippen LogP contribution is 2.42. The average Bonchev–Trinajstić information content (AvgIpc) is 2.44. The van der Waals surface area contributed by atoms with Crippen LogP contribution in [0.25, 0.3) is 0 Å². The third-order valence-corrected chi connectivity index (χ3v) is 3.48.